The van der Waals surface area contributed by atoms with Gasteiger partial charge in [0.25, 0.3) is 0 Å². The van der Waals surface area contributed by atoms with Crippen LogP contribution in [0.2, 0.25) is 0 Å². The molecule has 0 bridgehead atoms. The molecule has 10 heteroatoms. The van der Waals surface area contributed by atoms with E-state index in [0.717, 1.165) is 11.1 Å². The molecule has 0 heterocycles. The molecule has 3 amide bonds. The van der Waals surface area contributed by atoms with Gasteiger partial charge in [-0.15, -0.1) is 0 Å². The Balaban J connectivity index is 2.04. The summed E-state index contributed by atoms with van der Waals surface area (Å²) in [5.74, 6) is -1.39. The highest BCUT2D eigenvalue weighted by Crippen LogP contribution is 2.09. The number of carbonyl (C=O) groups excluding carboxylic acids is 4. The second-order valence-corrected chi connectivity index (χ2v) is 8.51. The molecular formula is C26H33N3O7. The summed E-state index contributed by atoms with van der Waals surface area (Å²) in [6, 6.07) is 15.2. The lowest BCUT2D eigenvalue weighted by atomic mass is 10.0. The van der Waals surface area contributed by atoms with E-state index in [1.54, 1.807) is 36.4 Å². The quantitative estimate of drug-likeness (QED) is 0.380. The average molecular weight is 500 g/mol. The van der Waals surface area contributed by atoms with Crippen molar-refractivity contribution in [2.45, 2.75) is 45.4 Å². The molecule has 0 aromatic heterocycles. The van der Waals surface area contributed by atoms with Gasteiger partial charge in [0.05, 0.1) is 14.2 Å². The third kappa shape index (κ3) is 9.65. The average Bonchev–Trinajstić information content (AvgIpc) is 2.87. The SMILES string of the molecule is COC(=O)[C@H](CC(C)C)NC(=O)N(C)OC(=O)[C@H](Cc1ccccc1)NC(=O)OCc1ccccc1. The van der Waals surface area contributed by atoms with E-state index in [-0.39, 0.29) is 18.9 Å². The van der Waals surface area contributed by atoms with Crippen molar-refractivity contribution < 1.29 is 33.5 Å². The molecule has 2 rings (SSSR count). The van der Waals surface area contributed by atoms with Gasteiger partial charge in [-0.05, 0) is 23.5 Å². The molecule has 36 heavy (non-hydrogen) atoms. The van der Waals surface area contributed by atoms with Crippen LogP contribution in [0.5, 0.6) is 0 Å². The number of urea groups is 1. The Hall–Kier alpha value is -4.08. The Morgan fingerprint density at radius 3 is 1.97 bits per heavy atom. The molecule has 2 aromatic carbocycles. The monoisotopic (exact) mass is 499 g/mol. The van der Waals surface area contributed by atoms with Gasteiger partial charge in [0.15, 0.2) is 0 Å². The van der Waals surface area contributed by atoms with Crippen molar-refractivity contribution in [2.75, 3.05) is 14.2 Å². The Bertz CT molecular complexity index is 999. The van der Waals surface area contributed by atoms with E-state index in [1.807, 2.05) is 38.1 Å². The Kier molecular flexibility index (Phi) is 11.2. The lowest BCUT2D eigenvalue weighted by Gasteiger charge is -2.24. The van der Waals surface area contributed by atoms with Crippen LogP contribution >= 0.6 is 0 Å². The fraction of sp³-hybridized carbons (Fsp3) is 0.385. The lowest BCUT2D eigenvalue weighted by molar-refractivity contribution is -0.175. The minimum absolute atomic E-state index is 0.0207. The van der Waals surface area contributed by atoms with Crippen molar-refractivity contribution in [2.24, 2.45) is 5.92 Å². The number of nitrogens with zero attached hydrogens (tertiary/aromatic N) is 1. The maximum absolute atomic E-state index is 12.9. The summed E-state index contributed by atoms with van der Waals surface area (Å²) < 4.78 is 9.96. The molecule has 0 saturated heterocycles. The fourth-order valence-corrected chi connectivity index (χ4v) is 3.26. The number of amides is 3. The van der Waals surface area contributed by atoms with Gasteiger partial charge in [0.2, 0.25) is 0 Å². The molecule has 10 nitrogen and oxygen atoms in total. The van der Waals surface area contributed by atoms with E-state index in [2.05, 4.69) is 10.6 Å². The summed E-state index contributed by atoms with van der Waals surface area (Å²) >= 11 is 0. The zero-order valence-corrected chi connectivity index (χ0v) is 20.9. The number of benzene rings is 2. The van der Waals surface area contributed by atoms with Gasteiger partial charge in [-0.25, -0.2) is 19.2 Å². The molecule has 0 aliphatic rings. The number of hydrogen-bond donors (Lipinski definition) is 2. The number of methoxy groups -OCH3 is 1. The Morgan fingerprint density at radius 1 is 0.833 bits per heavy atom. The summed E-state index contributed by atoms with van der Waals surface area (Å²) in [5.41, 5.74) is 1.55. The summed E-state index contributed by atoms with van der Waals surface area (Å²) in [6.45, 7) is 3.80. The van der Waals surface area contributed by atoms with E-state index < -0.39 is 36.1 Å². The number of hydrogen-bond acceptors (Lipinski definition) is 7. The van der Waals surface area contributed by atoms with Crippen LogP contribution in [0.15, 0.2) is 60.7 Å². The van der Waals surface area contributed by atoms with Crippen LogP contribution in [0.1, 0.15) is 31.4 Å². The molecule has 2 aromatic rings. The predicted molar refractivity (Wildman–Crippen MR) is 131 cm³/mol. The standard InChI is InChI=1S/C26H33N3O7/c1-18(2)15-21(23(30)34-4)27-25(32)29(3)36-24(31)22(16-19-11-7-5-8-12-19)28-26(33)35-17-20-13-9-6-10-14-20/h5-14,18,21-22H,15-17H2,1-4H3,(H,27,32)(H,28,33)/t21-,22-/m0/s1. The molecule has 0 saturated carbocycles. The second kappa shape index (κ2) is 14.3. The van der Waals surface area contributed by atoms with Crippen molar-refractivity contribution in [3.63, 3.8) is 0 Å². The van der Waals surface area contributed by atoms with Crippen LogP contribution in [-0.2, 0) is 36.9 Å². The van der Waals surface area contributed by atoms with Gasteiger partial charge in [-0.1, -0.05) is 74.5 Å². The number of carbonyl (C=O) groups is 4. The highest BCUT2D eigenvalue weighted by atomic mass is 16.7. The molecule has 0 radical (unpaired) electrons. The number of hydroxylamine groups is 2. The maximum atomic E-state index is 12.9. The second-order valence-electron chi connectivity index (χ2n) is 8.51. The third-order valence-corrected chi connectivity index (χ3v) is 5.08. The van der Waals surface area contributed by atoms with Crippen LogP contribution in [-0.4, -0.2) is 55.4 Å². The van der Waals surface area contributed by atoms with Crippen molar-refractivity contribution in [3.05, 3.63) is 71.8 Å². The Labute approximate surface area is 210 Å². The smallest absolute Gasteiger partial charge is 0.408 e. The van der Waals surface area contributed by atoms with Crippen molar-refractivity contribution >= 4 is 24.1 Å². The van der Waals surface area contributed by atoms with Crippen LogP contribution < -0.4 is 10.6 Å². The number of alkyl carbamates (subject to hydrolysis) is 1. The molecule has 0 spiro atoms. The minimum atomic E-state index is -1.14. The van der Waals surface area contributed by atoms with Crippen LogP contribution in [0, 0.1) is 5.92 Å². The van der Waals surface area contributed by atoms with E-state index >= 15 is 0 Å². The highest BCUT2D eigenvalue weighted by molar-refractivity contribution is 5.85. The van der Waals surface area contributed by atoms with E-state index in [1.165, 1.54) is 14.2 Å². The Morgan fingerprint density at radius 2 is 1.42 bits per heavy atom. The van der Waals surface area contributed by atoms with E-state index in [4.69, 9.17) is 14.3 Å². The zero-order valence-electron chi connectivity index (χ0n) is 20.9. The number of ether oxygens (including phenoxy) is 2. The van der Waals surface area contributed by atoms with Crippen LogP contribution in [0.4, 0.5) is 9.59 Å². The first kappa shape index (κ1) is 28.2. The zero-order chi connectivity index (χ0) is 26.5. The van der Waals surface area contributed by atoms with Crippen LogP contribution in [0.3, 0.4) is 0 Å². The summed E-state index contributed by atoms with van der Waals surface area (Å²) in [7, 11) is 2.45. The van der Waals surface area contributed by atoms with Crippen LogP contribution in [0.25, 0.3) is 0 Å². The topological polar surface area (TPSA) is 123 Å². The largest absolute Gasteiger partial charge is 0.467 e. The molecule has 0 aliphatic carbocycles. The number of nitrogens with one attached hydrogen (secondary N) is 2. The van der Waals surface area contributed by atoms with Crippen molar-refractivity contribution in [1.82, 2.24) is 15.7 Å². The van der Waals surface area contributed by atoms with Gasteiger partial charge in [0, 0.05) is 6.42 Å². The minimum Gasteiger partial charge on any atom is -0.467 e. The first-order chi connectivity index (χ1) is 17.2. The van der Waals surface area contributed by atoms with Gasteiger partial charge in [-0.3, -0.25) is 0 Å². The first-order valence-electron chi connectivity index (χ1n) is 11.5. The molecule has 194 valence electrons. The number of rotatable bonds is 10. The highest BCUT2D eigenvalue weighted by Gasteiger charge is 2.29. The summed E-state index contributed by atoms with van der Waals surface area (Å²) in [4.78, 5) is 55.1. The molecule has 0 aliphatic heterocycles. The number of esters is 1. The van der Waals surface area contributed by atoms with Gasteiger partial charge >= 0.3 is 24.1 Å². The normalized spacial score (nSPS) is 12.1. The summed E-state index contributed by atoms with van der Waals surface area (Å²) in [5, 5.41) is 5.68. The summed E-state index contributed by atoms with van der Waals surface area (Å²) in [6.07, 6.45) is -0.370. The molecule has 2 N–H and O–H groups in total. The van der Waals surface area contributed by atoms with E-state index in [9.17, 15) is 19.2 Å². The van der Waals surface area contributed by atoms with Crippen molar-refractivity contribution in [1.29, 1.82) is 0 Å². The van der Waals surface area contributed by atoms with Gasteiger partial charge < -0.3 is 24.9 Å². The predicted octanol–water partition coefficient (Wildman–Crippen LogP) is 3.21. The first-order valence-corrected chi connectivity index (χ1v) is 11.5. The molecule has 0 fully saturated rings. The lowest BCUT2D eigenvalue weighted by Crippen LogP contribution is -2.50. The van der Waals surface area contributed by atoms with E-state index in [0.29, 0.717) is 11.5 Å². The van der Waals surface area contributed by atoms with Gasteiger partial charge in [-0.2, -0.15) is 5.06 Å². The fourth-order valence-electron chi connectivity index (χ4n) is 3.26. The molecular weight excluding hydrogens is 466 g/mol. The third-order valence-electron chi connectivity index (χ3n) is 5.08. The van der Waals surface area contributed by atoms with Gasteiger partial charge in [0.1, 0.15) is 18.7 Å². The molecule has 0 unspecified atom stereocenters. The van der Waals surface area contributed by atoms with Crippen molar-refractivity contribution in [3.8, 4) is 0 Å². The molecule has 2 atom stereocenters. The maximum Gasteiger partial charge on any atom is 0.408 e.